The van der Waals surface area contributed by atoms with Gasteiger partial charge in [0.2, 0.25) is 0 Å². The van der Waals surface area contributed by atoms with Crippen molar-refractivity contribution in [1.82, 2.24) is 0 Å². The molecular weight excluding hydrogens is 489 g/mol. The fourth-order valence-corrected chi connectivity index (χ4v) is 3.99. The van der Waals surface area contributed by atoms with Crippen molar-refractivity contribution in [3.63, 3.8) is 0 Å². The highest BCUT2D eigenvalue weighted by Gasteiger charge is 2.31. The van der Waals surface area contributed by atoms with Crippen LogP contribution < -0.4 is 9.47 Å². The zero-order chi connectivity index (χ0) is 26.6. The zero-order valence-corrected chi connectivity index (χ0v) is 20.2. The van der Waals surface area contributed by atoms with Gasteiger partial charge in [-0.2, -0.15) is 13.2 Å². The number of benzene rings is 3. The van der Waals surface area contributed by atoms with E-state index in [0.717, 1.165) is 23.4 Å². The Morgan fingerprint density at radius 2 is 1.65 bits per heavy atom. The molecule has 37 heavy (non-hydrogen) atoms. The Hall–Kier alpha value is -3.98. The molecule has 0 amide bonds. The molecule has 1 N–H and O–H groups in total. The summed E-state index contributed by atoms with van der Waals surface area (Å²) in [6.45, 7) is -0.204. The minimum Gasteiger partial charge on any atom is -0.497 e. The van der Waals surface area contributed by atoms with Crippen molar-refractivity contribution in [1.29, 1.82) is 0 Å². The summed E-state index contributed by atoms with van der Waals surface area (Å²) in [6.07, 6.45) is -3.29. The molecule has 0 atom stereocenters. The van der Waals surface area contributed by atoms with Gasteiger partial charge in [0.1, 0.15) is 17.1 Å². The van der Waals surface area contributed by atoms with E-state index in [-0.39, 0.29) is 41.4 Å². The third kappa shape index (κ3) is 5.72. The first-order valence-corrected chi connectivity index (χ1v) is 11.5. The summed E-state index contributed by atoms with van der Waals surface area (Å²) in [5, 5.41) is 10.0. The number of furan rings is 1. The standard InChI is InChI=1S/C28H25F3O6/c1-34-21-11-5-17(6-12-21)4-3-13-36-27(33)24-22-14-18(16-32)15-23(35-2)26(22)37-25(24)19-7-9-20(10-8-19)28(29,30)31/h5-12,14-15,32H,3-4,13,16H2,1-2H3. The topological polar surface area (TPSA) is 78.1 Å². The molecule has 0 fully saturated rings. The maximum Gasteiger partial charge on any atom is 0.416 e. The smallest absolute Gasteiger partial charge is 0.416 e. The Balaban J connectivity index is 1.64. The number of hydrogen-bond acceptors (Lipinski definition) is 6. The van der Waals surface area contributed by atoms with Crippen molar-refractivity contribution in [2.24, 2.45) is 0 Å². The minimum atomic E-state index is -4.50. The van der Waals surface area contributed by atoms with E-state index in [4.69, 9.17) is 18.6 Å². The Morgan fingerprint density at radius 3 is 2.24 bits per heavy atom. The molecule has 6 nitrogen and oxygen atoms in total. The van der Waals surface area contributed by atoms with E-state index < -0.39 is 17.7 Å². The molecule has 0 aliphatic carbocycles. The molecule has 0 bridgehead atoms. The number of methoxy groups -OCH3 is 2. The lowest BCUT2D eigenvalue weighted by molar-refractivity contribution is -0.137. The van der Waals surface area contributed by atoms with Gasteiger partial charge in [0.15, 0.2) is 11.3 Å². The average molecular weight is 514 g/mol. The van der Waals surface area contributed by atoms with E-state index in [1.807, 2.05) is 24.3 Å². The van der Waals surface area contributed by atoms with Gasteiger partial charge in [-0.05, 0) is 60.4 Å². The Morgan fingerprint density at radius 1 is 0.946 bits per heavy atom. The molecule has 1 aromatic heterocycles. The number of hydrogen-bond donors (Lipinski definition) is 1. The molecule has 0 radical (unpaired) electrons. The van der Waals surface area contributed by atoms with Crippen LogP contribution in [0.4, 0.5) is 13.2 Å². The predicted molar refractivity (Wildman–Crippen MR) is 131 cm³/mol. The molecule has 3 aromatic carbocycles. The number of carbonyl (C=O) groups is 1. The van der Waals surface area contributed by atoms with Gasteiger partial charge in [-0.1, -0.05) is 24.3 Å². The van der Waals surface area contributed by atoms with Gasteiger partial charge < -0.3 is 23.7 Å². The summed E-state index contributed by atoms with van der Waals surface area (Å²) >= 11 is 0. The van der Waals surface area contributed by atoms with Crippen LogP contribution in [-0.2, 0) is 23.9 Å². The van der Waals surface area contributed by atoms with Crippen molar-refractivity contribution in [2.45, 2.75) is 25.6 Å². The van der Waals surface area contributed by atoms with Gasteiger partial charge in [0.05, 0.1) is 33.0 Å². The first-order valence-electron chi connectivity index (χ1n) is 11.5. The van der Waals surface area contributed by atoms with E-state index in [9.17, 15) is 23.1 Å². The molecule has 1 heterocycles. The molecule has 0 saturated carbocycles. The Bertz CT molecular complexity index is 1370. The Kier molecular flexibility index (Phi) is 7.73. The largest absolute Gasteiger partial charge is 0.497 e. The van der Waals surface area contributed by atoms with Crippen LogP contribution in [0.15, 0.2) is 65.1 Å². The zero-order valence-electron chi connectivity index (χ0n) is 20.2. The lowest BCUT2D eigenvalue weighted by Crippen LogP contribution is -2.08. The average Bonchev–Trinajstić information content (AvgIpc) is 3.30. The van der Waals surface area contributed by atoms with Crippen LogP contribution in [0, 0.1) is 0 Å². The molecule has 194 valence electrons. The van der Waals surface area contributed by atoms with Gasteiger partial charge >= 0.3 is 12.1 Å². The van der Waals surface area contributed by atoms with Crippen molar-refractivity contribution in [3.05, 3.63) is 82.9 Å². The number of ether oxygens (including phenoxy) is 3. The molecule has 4 aromatic rings. The highest BCUT2D eigenvalue weighted by atomic mass is 19.4. The number of rotatable bonds is 9. The lowest BCUT2D eigenvalue weighted by Gasteiger charge is -2.09. The maximum absolute atomic E-state index is 13.3. The van der Waals surface area contributed by atoms with Gasteiger partial charge in [-0.15, -0.1) is 0 Å². The van der Waals surface area contributed by atoms with E-state index >= 15 is 0 Å². The third-order valence-corrected chi connectivity index (χ3v) is 5.90. The molecular formula is C28H25F3O6. The summed E-state index contributed by atoms with van der Waals surface area (Å²) in [5.41, 5.74) is 1.23. The van der Waals surface area contributed by atoms with Crippen LogP contribution in [0.2, 0.25) is 0 Å². The quantitative estimate of drug-likeness (QED) is 0.205. The SMILES string of the molecule is COc1ccc(CCCOC(=O)c2c(-c3ccc(C(F)(F)F)cc3)oc3c(OC)cc(CO)cc23)cc1. The van der Waals surface area contributed by atoms with E-state index in [1.54, 1.807) is 19.2 Å². The number of alkyl halides is 3. The maximum atomic E-state index is 13.3. The lowest BCUT2D eigenvalue weighted by atomic mass is 10.0. The minimum absolute atomic E-state index is 0.0489. The number of fused-ring (bicyclic) bond motifs is 1. The first-order chi connectivity index (χ1) is 17.7. The highest BCUT2D eigenvalue weighted by Crippen LogP contribution is 2.40. The fourth-order valence-electron chi connectivity index (χ4n) is 3.99. The number of aliphatic hydroxyl groups is 1. The highest BCUT2D eigenvalue weighted by molar-refractivity contribution is 6.10. The summed E-state index contributed by atoms with van der Waals surface area (Å²) < 4.78 is 61.2. The van der Waals surface area contributed by atoms with Crippen LogP contribution in [0.5, 0.6) is 11.5 Å². The summed E-state index contributed by atoms with van der Waals surface area (Å²) in [6, 6.07) is 15.0. The molecule has 0 saturated heterocycles. The van der Waals surface area contributed by atoms with Crippen LogP contribution in [0.3, 0.4) is 0 Å². The van der Waals surface area contributed by atoms with Crippen LogP contribution in [0.1, 0.15) is 33.5 Å². The van der Waals surface area contributed by atoms with Gasteiger partial charge in [-0.3, -0.25) is 0 Å². The molecule has 0 aliphatic heterocycles. The number of halogens is 3. The second-order valence-corrected chi connectivity index (χ2v) is 8.30. The second-order valence-electron chi connectivity index (χ2n) is 8.30. The van der Waals surface area contributed by atoms with Gasteiger partial charge in [0, 0.05) is 10.9 Å². The van der Waals surface area contributed by atoms with Crippen LogP contribution in [-0.4, -0.2) is 31.9 Å². The monoisotopic (exact) mass is 514 g/mol. The van der Waals surface area contributed by atoms with Crippen molar-refractivity contribution < 1.29 is 41.7 Å². The number of esters is 1. The van der Waals surface area contributed by atoms with Crippen molar-refractivity contribution in [2.75, 3.05) is 20.8 Å². The predicted octanol–water partition coefficient (Wildman–Crippen LogP) is 6.42. The molecule has 9 heteroatoms. The van der Waals surface area contributed by atoms with E-state index in [0.29, 0.717) is 23.8 Å². The second kappa shape index (κ2) is 11.0. The normalized spacial score (nSPS) is 11.5. The van der Waals surface area contributed by atoms with Gasteiger partial charge in [-0.25, -0.2) is 4.79 Å². The molecule has 4 rings (SSSR count). The number of aryl methyl sites for hydroxylation is 1. The summed E-state index contributed by atoms with van der Waals surface area (Å²) in [4.78, 5) is 13.3. The van der Waals surface area contributed by atoms with Crippen molar-refractivity contribution >= 4 is 16.9 Å². The fraction of sp³-hybridized carbons (Fsp3) is 0.250. The van der Waals surface area contributed by atoms with E-state index in [1.165, 1.54) is 19.2 Å². The molecule has 0 aliphatic rings. The summed E-state index contributed by atoms with van der Waals surface area (Å²) in [7, 11) is 3.00. The third-order valence-electron chi connectivity index (χ3n) is 5.90. The number of carbonyl (C=O) groups excluding carboxylic acids is 1. The van der Waals surface area contributed by atoms with E-state index in [2.05, 4.69) is 0 Å². The van der Waals surface area contributed by atoms with Gasteiger partial charge in [0.25, 0.3) is 0 Å². The first kappa shape index (κ1) is 26.1. The van der Waals surface area contributed by atoms with Crippen LogP contribution >= 0.6 is 0 Å². The van der Waals surface area contributed by atoms with Crippen LogP contribution in [0.25, 0.3) is 22.3 Å². The van der Waals surface area contributed by atoms with Crippen molar-refractivity contribution in [3.8, 4) is 22.8 Å². The molecule has 0 spiro atoms. The number of aliphatic hydroxyl groups excluding tert-OH is 1. The summed E-state index contributed by atoms with van der Waals surface area (Å²) in [5.74, 6) is 0.376. The molecule has 0 unspecified atom stereocenters. The Labute approximate surface area is 211 Å².